The first-order valence-corrected chi connectivity index (χ1v) is 19.0. The number of aliphatic carboxylic acids is 1. The summed E-state index contributed by atoms with van der Waals surface area (Å²) in [5.74, 6) is -0.188. The standard InChI is InChI=1S/C35H35ClNO3S.C7H14.H3N.Na/c1-34(2,40)30-9-4-3-7-25(30)13-17-32(41-23-35(18-19-35)22-33(38)39)27-8-5-6-24(20-27)10-15-29-16-12-26-11-14-28(36)21-31(26)37-29;1-2-4-6-7-5-3-1;;/h3-12,14-16,20-21,32H,13,17-19,22-23H2,1-2H3,(H,38,39);1-7H2;1H3;/q-1;;;+1/b15-10+;;;/t32-;;;/m1.../s1. The maximum atomic E-state index is 12.8. The van der Waals surface area contributed by atoms with Gasteiger partial charge >= 0.3 is 29.6 Å². The Bertz CT molecular complexity index is 1680. The molecule has 1 heterocycles. The zero-order valence-corrected chi connectivity index (χ0v) is 34.0. The summed E-state index contributed by atoms with van der Waals surface area (Å²) in [7, 11) is 0. The van der Waals surface area contributed by atoms with E-state index in [1.54, 1.807) is 13.8 Å². The number of halogens is 1. The van der Waals surface area contributed by atoms with Crippen LogP contribution in [0.15, 0.2) is 78.9 Å². The van der Waals surface area contributed by atoms with E-state index in [1.165, 1.54) is 50.5 Å². The molecule has 5 nitrogen and oxygen atoms in total. The van der Waals surface area contributed by atoms with Crippen LogP contribution in [0.5, 0.6) is 0 Å². The third kappa shape index (κ3) is 13.1. The minimum atomic E-state index is -1.17. The van der Waals surface area contributed by atoms with Crippen molar-refractivity contribution in [2.24, 2.45) is 5.41 Å². The third-order valence-electron chi connectivity index (χ3n) is 9.56. The van der Waals surface area contributed by atoms with E-state index < -0.39 is 11.6 Å². The van der Waals surface area contributed by atoms with Crippen LogP contribution in [0.2, 0.25) is 5.02 Å². The zero-order chi connectivity index (χ0) is 34.0. The van der Waals surface area contributed by atoms with Crippen LogP contribution in [0.4, 0.5) is 0 Å². The molecule has 4 aromatic rings. The van der Waals surface area contributed by atoms with Gasteiger partial charge in [0, 0.05) is 21.6 Å². The second-order valence-corrected chi connectivity index (χ2v) is 15.7. The van der Waals surface area contributed by atoms with Gasteiger partial charge in [0.05, 0.1) is 11.2 Å². The van der Waals surface area contributed by atoms with Crippen molar-refractivity contribution in [3.8, 4) is 0 Å². The number of aryl methyl sites for hydroxylation is 1. The Morgan fingerprint density at radius 3 is 2.22 bits per heavy atom. The number of carbonyl (C=O) groups excluding carboxylic acids is 1. The molecule has 2 saturated carbocycles. The van der Waals surface area contributed by atoms with E-state index in [9.17, 15) is 15.0 Å². The number of carboxylic acid groups (broad SMARTS) is 1. The summed E-state index contributed by atoms with van der Waals surface area (Å²) in [4.78, 5) is 16.1. The molecule has 2 aliphatic carbocycles. The average molecular weight is 723 g/mol. The molecule has 0 amide bonds. The molecule has 0 unspecified atom stereocenters. The molecule has 0 aliphatic heterocycles. The van der Waals surface area contributed by atoms with Gasteiger partial charge in [-0.3, -0.25) is 0 Å². The van der Waals surface area contributed by atoms with Crippen LogP contribution < -0.4 is 45.9 Å². The monoisotopic (exact) mass is 722 g/mol. The van der Waals surface area contributed by atoms with Gasteiger partial charge in [-0.05, 0) is 84.2 Å². The van der Waals surface area contributed by atoms with E-state index in [1.807, 2.05) is 66.4 Å². The van der Waals surface area contributed by atoms with Crippen LogP contribution in [-0.4, -0.2) is 16.7 Å². The number of fused-ring (bicyclic) bond motifs is 1. The predicted molar refractivity (Wildman–Crippen MR) is 205 cm³/mol. The van der Waals surface area contributed by atoms with Crippen molar-refractivity contribution >= 4 is 52.4 Å². The van der Waals surface area contributed by atoms with E-state index in [0.717, 1.165) is 64.7 Å². The maximum Gasteiger partial charge on any atom is 1.00 e. The summed E-state index contributed by atoms with van der Waals surface area (Å²) in [6.07, 6.45) is 18.2. The number of pyridine rings is 1. The molecule has 8 heteroatoms. The van der Waals surface area contributed by atoms with Gasteiger partial charge in [0.25, 0.3) is 0 Å². The van der Waals surface area contributed by atoms with Crippen molar-refractivity contribution in [3.63, 3.8) is 0 Å². The molecule has 0 saturated heterocycles. The molecule has 50 heavy (non-hydrogen) atoms. The van der Waals surface area contributed by atoms with E-state index in [2.05, 4.69) is 36.4 Å². The zero-order valence-electron chi connectivity index (χ0n) is 30.4. The first-order valence-electron chi connectivity index (χ1n) is 17.5. The van der Waals surface area contributed by atoms with Crippen LogP contribution in [0, 0.1) is 5.41 Å². The number of rotatable bonds is 12. The number of benzene rings is 3. The van der Waals surface area contributed by atoms with Gasteiger partial charge in [-0.15, -0.1) is 0 Å². The largest absolute Gasteiger partial charge is 1.00 e. The number of quaternary nitrogens is 1. The quantitative estimate of drug-likeness (QED) is 0.124. The maximum absolute atomic E-state index is 12.8. The van der Waals surface area contributed by atoms with E-state index in [-0.39, 0.29) is 52.8 Å². The summed E-state index contributed by atoms with van der Waals surface area (Å²) in [6.45, 7) is 3.42. The minimum Gasteiger partial charge on any atom is -0.846 e. The van der Waals surface area contributed by atoms with Crippen molar-refractivity contribution < 1.29 is 44.6 Å². The van der Waals surface area contributed by atoms with Crippen molar-refractivity contribution in [1.29, 1.82) is 0 Å². The molecular weight excluding hydrogens is 671 g/mol. The summed E-state index contributed by atoms with van der Waals surface area (Å²) in [5.41, 5.74) is 4.56. The fraction of sp³-hybridized carbons (Fsp3) is 0.429. The molecule has 2 fully saturated rings. The Morgan fingerprint density at radius 1 is 0.920 bits per heavy atom. The molecule has 3 aromatic carbocycles. The summed E-state index contributed by atoms with van der Waals surface area (Å²) in [6, 6.07) is 26.1. The molecule has 1 aromatic heterocycles. The summed E-state index contributed by atoms with van der Waals surface area (Å²) < 4.78 is 0. The summed E-state index contributed by atoms with van der Waals surface area (Å²) >= 11 is 7.99. The number of hydrogen-bond donors (Lipinski definition) is 1. The number of carbonyl (C=O) groups is 1. The van der Waals surface area contributed by atoms with E-state index >= 15 is 0 Å². The Kier molecular flexibility index (Phi) is 17.1. The van der Waals surface area contributed by atoms with Crippen molar-refractivity contribution in [1.82, 2.24) is 11.1 Å². The molecule has 262 valence electrons. The van der Waals surface area contributed by atoms with Gasteiger partial charge in [-0.2, -0.15) is 11.8 Å². The second kappa shape index (κ2) is 20.2. The van der Waals surface area contributed by atoms with Crippen LogP contribution >= 0.6 is 23.4 Å². The molecule has 4 N–H and O–H groups in total. The average Bonchev–Trinajstić information content (AvgIpc) is 3.88. The molecule has 6 rings (SSSR count). The van der Waals surface area contributed by atoms with Crippen LogP contribution in [0.1, 0.15) is 118 Å². The smallest absolute Gasteiger partial charge is 0.846 e. The molecular formula is C42H52ClN2NaO3S. The van der Waals surface area contributed by atoms with Crippen LogP contribution in [-0.2, 0) is 16.8 Å². The molecule has 0 bridgehead atoms. The normalized spacial score (nSPS) is 15.9. The Balaban J connectivity index is 0.000000671. The minimum absolute atomic E-state index is 0. The number of carboxylic acids is 1. The topological polar surface area (TPSA) is 113 Å². The first-order chi connectivity index (χ1) is 23.1. The van der Waals surface area contributed by atoms with E-state index in [4.69, 9.17) is 16.6 Å². The van der Waals surface area contributed by atoms with Crippen molar-refractivity contribution in [3.05, 3.63) is 112 Å². The Labute approximate surface area is 330 Å². The van der Waals surface area contributed by atoms with E-state index in [0.29, 0.717) is 5.02 Å². The van der Waals surface area contributed by atoms with Crippen molar-refractivity contribution in [2.75, 3.05) is 5.75 Å². The van der Waals surface area contributed by atoms with Gasteiger partial charge in [-0.25, -0.2) is 4.98 Å². The van der Waals surface area contributed by atoms with Gasteiger partial charge < -0.3 is 21.2 Å². The van der Waals surface area contributed by atoms with Crippen LogP contribution in [0.3, 0.4) is 0 Å². The third-order valence-corrected chi connectivity index (χ3v) is 11.5. The SMILES string of the molecule is C1CCCCCC1.CC(C)([O-])c1ccccc1CC[C@@H](SCC1(CC(=O)[O-])CC1)c1cccc(/C=C/c2ccc3ccc(Cl)cc3n2)c1.[NH4+].[Na+]. The number of nitrogens with zero attached hydrogens (tertiary/aromatic N) is 1. The predicted octanol–water partition coefficient (Wildman–Crippen LogP) is 7.09. The fourth-order valence-electron chi connectivity index (χ4n) is 6.57. The van der Waals surface area contributed by atoms with Gasteiger partial charge in [-0.1, -0.05) is 148 Å². The van der Waals surface area contributed by atoms with Gasteiger partial charge in [0.15, 0.2) is 0 Å². The number of aromatic nitrogens is 1. The molecule has 2 aliphatic rings. The Hall–Kier alpha value is -2.16. The molecule has 1 atom stereocenters. The van der Waals surface area contributed by atoms with Crippen molar-refractivity contribution in [2.45, 2.75) is 102 Å². The second-order valence-electron chi connectivity index (χ2n) is 14.1. The Morgan fingerprint density at radius 2 is 1.58 bits per heavy atom. The van der Waals surface area contributed by atoms with Gasteiger partial charge in [0.1, 0.15) is 0 Å². The molecule has 0 radical (unpaired) electrons. The summed E-state index contributed by atoms with van der Waals surface area (Å²) in [5, 5.41) is 26.1. The molecule has 0 spiro atoms. The van der Waals surface area contributed by atoms with Crippen LogP contribution in [0.25, 0.3) is 23.1 Å². The fourth-order valence-corrected chi connectivity index (χ4v) is 8.31. The van der Waals surface area contributed by atoms with Gasteiger partial charge in [0.2, 0.25) is 0 Å². The number of thioether (sulfide) groups is 1. The number of hydrogen-bond acceptors (Lipinski definition) is 5. The first kappa shape index (κ1) is 42.3.